The zero-order valence-electron chi connectivity index (χ0n) is 11.3. The predicted molar refractivity (Wildman–Crippen MR) is 68.7 cm³/mol. The third-order valence-corrected chi connectivity index (χ3v) is 5.64. The Kier molecular flexibility index (Phi) is 3.38. The molecule has 104 valence electrons. The Morgan fingerprint density at radius 3 is 2.50 bits per heavy atom. The summed E-state index contributed by atoms with van der Waals surface area (Å²) in [6, 6.07) is 0.499. The van der Waals surface area contributed by atoms with Crippen LogP contribution >= 0.6 is 0 Å². The van der Waals surface area contributed by atoms with E-state index in [-0.39, 0.29) is 18.8 Å². The van der Waals surface area contributed by atoms with E-state index in [1.807, 2.05) is 7.05 Å². The Morgan fingerprint density at radius 2 is 1.89 bits per heavy atom. The van der Waals surface area contributed by atoms with E-state index in [1.165, 1.54) is 19.3 Å². The van der Waals surface area contributed by atoms with Crippen LogP contribution in [-0.2, 0) is 0 Å². The first-order chi connectivity index (χ1) is 8.61. The van der Waals surface area contributed by atoms with Gasteiger partial charge in [-0.1, -0.05) is 6.42 Å². The van der Waals surface area contributed by atoms with Crippen molar-refractivity contribution in [3.8, 4) is 0 Å². The standard InChI is InChI=1S/C15H25F2N/c1-18-13(14-11-5-2-6-12(11)14)8-10-4-3-7-15(16,17)9-10/h10-14,18H,2-9H2,1H3. The van der Waals surface area contributed by atoms with Gasteiger partial charge in [-0.25, -0.2) is 8.78 Å². The van der Waals surface area contributed by atoms with Crippen LogP contribution in [0.5, 0.6) is 0 Å². The van der Waals surface area contributed by atoms with Crippen LogP contribution in [0, 0.1) is 23.7 Å². The van der Waals surface area contributed by atoms with Crippen molar-refractivity contribution in [2.75, 3.05) is 7.05 Å². The molecule has 0 spiro atoms. The van der Waals surface area contributed by atoms with Gasteiger partial charge in [-0.2, -0.15) is 0 Å². The van der Waals surface area contributed by atoms with Crippen LogP contribution in [0.4, 0.5) is 8.78 Å². The number of hydrogen-bond acceptors (Lipinski definition) is 1. The molecule has 0 radical (unpaired) electrons. The molecule has 0 aromatic carbocycles. The van der Waals surface area contributed by atoms with Gasteiger partial charge in [-0.15, -0.1) is 0 Å². The molecule has 3 saturated carbocycles. The van der Waals surface area contributed by atoms with Gasteiger partial charge in [-0.05, 0) is 62.8 Å². The molecule has 0 bridgehead atoms. The highest BCUT2D eigenvalue weighted by Gasteiger charge is 2.55. The van der Waals surface area contributed by atoms with Gasteiger partial charge in [0, 0.05) is 18.9 Å². The first kappa shape index (κ1) is 12.8. The summed E-state index contributed by atoms with van der Waals surface area (Å²) in [6.45, 7) is 0. The fourth-order valence-corrected chi connectivity index (χ4v) is 4.78. The number of alkyl halides is 2. The van der Waals surface area contributed by atoms with Crippen molar-refractivity contribution in [1.29, 1.82) is 0 Å². The lowest BCUT2D eigenvalue weighted by molar-refractivity contribution is -0.0551. The minimum atomic E-state index is -2.39. The summed E-state index contributed by atoms with van der Waals surface area (Å²) in [5.74, 6) is 0.505. The lowest BCUT2D eigenvalue weighted by Crippen LogP contribution is -2.35. The van der Waals surface area contributed by atoms with Crippen molar-refractivity contribution in [2.24, 2.45) is 23.7 Å². The average Bonchev–Trinajstić information content (AvgIpc) is 2.79. The maximum absolute atomic E-state index is 13.4. The predicted octanol–water partition coefficient (Wildman–Crippen LogP) is 3.84. The fraction of sp³-hybridized carbons (Fsp3) is 1.00. The second kappa shape index (κ2) is 4.73. The van der Waals surface area contributed by atoms with Gasteiger partial charge < -0.3 is 5.32 Å². The van der Waals surface area contributed by atoms with E-state index in [0.717, 1.165) is 30.6 Å². The Balaban J connectivity index is 1.54. The molecule has 4 unspecified atom stereocenters. The van der Waals surface area contributed by atoms with Crippen LogP contribution in [0.1, 0.15) is 51.4 Å². The first-order valence-corrected chi connectivity index (χ1v) is 7.66. The van der Waals surface area contributed by atoms with Crippen molar-refractivity contribution >= 4 is 0 Å². The molecule has 3 rings (SSSR count). The van der Waals surface area contributed by atoms with Crippen molar-refractivity contribution in [2.45, 2.75) is 63.3 Å². The van der Waals surface area contributed by atoms with Crippen LogP contribution in [-0.4, -0.2) is 19.0 Å². The van der Waals surface area contributed by atoms with Crippen molar-refractivity contribution in [3.63, 3.8) is 0 Å². The van der Waals surface area contributed by atoms with Crippen molar-refractivity contribution < 1.29 is 8.78 Å². The summed E-state index contributed by atoms with van der Waals surface area (Å²) in [7, 11) is 2.01. The molecular weight excluding hydrogens is 232 g/mol. The Bertz CT molecular complexity index is 295. The molecule has 4 atom stereocenters. The van der Waals surface area contributed by atoms with Gasteiger partial charge in [0.1, 0.15) is 0 Å². The van der Waals surface area contributed by atoms with E-state index >= 15 is 0 Å². The summed E-state index contributed by atoms with van der Waals surface area (Å²) in [5.41, 5.74) is 0. The molecule has 0 aromatic heterocycles. The van der Waals surface area contributed by atoms with Gasteiger partial charge in [0.25, 0.3) is 0 Å². The molecule has 1 N–H and O–H groups in total. The lowest BCUT2D eigenvalue weighted by Gasteiger charge is -2.32. The second-order valence-corrected chi connectivity index (χ2v) is 6.79. The molecule has 0 saturated heterocycles. The molecule has 0 amide bonds. The third kappa shape index (κ3) is 2.43. The monoisotopic (exact) mass is 257 g/mol. The Labute approximate surface area is 109 Å². The SMILES string of the molecule is CNC(CC1CCCC(F)(F)C1)C1C2CCCC21. The van der Waals surface area contributed by atoms with Gasteiger partial charge in [0.2, 0.25) is 5.92 Å². The van der Waals surface area contributed by atoms with Crippen LogP contribution in [0.3, 0.4) is 0 Å². The zero-order chi connectivity index (χ0) is 12.8. The van der Waals surface area contributed by atoms with Gasteiger partial charge in [0.15, 0.2) is 0 Å². The summed E-state index contributed by atoms with van der Waals surface area (Å²) in [5, 5.41) is 3.42. The van der Waals surface area contributed by atoms with E-state index in [2.05, 4.69) is 5.32 Å². The molecule has 1 nitrogen and oxygen atoms in total. The fourth-order valence-electron chi connectivity index (χ4n) is 4.78. The number of nitrogens with one attached hydrogen (secondary N) is 1. The van der Waals surface area contributed by atoms with E-state index < -0.39 is 5.92 Å². The molecular formula is C15H25F2N. The van der Waals surface area contributed by atoms with Crippen LogP contribution in [0.15, 0.2) is 0 Å². The Hall–Kier alpha value is -0.180. The maximum Gasteiger partial charge on any atom is 0.248 e. The number of fused-ring (bicyclic) bond motifs is 1. The largest absolute Gasteiger partial charge is 0.317 e. The quantitative estimate of drug-likeness (QED) is 0.807. The van der Waals surface area contributed by atoms with Crippen molar-refractivity contribution in [1.82, 2.24) is 5.32 Å². The molecule has 3 aliphatic carbocycles. The Morgan fingerprint density at radius 1 is 1.17 bits per heavy atom. The van der Waals surface area contributed by atoms with Crippen LogP contribution in [0.25, 0.3) is 0 Å². The highest BCUT2D eigenvalue weighted by molar-refractivity contribution is 5.06. The van der Waals surface area contributed by atoms with Crippen LogP contribution in [0.2, 0.25) is 0 Å². The highest BCUT2D eigenvalue weighted by Crippen LogP contribution is 2.59. The topological polar surface area (TPSA) is 12.0 Å². The molecule has 0 aliphatic heterocycles. The van der Waals surface area contributed by atoms with Gasteiger partial charge in [0.05, 0.1) is 0 Å². The summed E-state index contributed by atoms with van der Waals surface area (Å²) in [6.07, 6.45) is 7.10. The maximum atomic E-state index is 13.4. The van der Waals surface area contributed by atoms with Crippen LogP contribution < -0.4 is 5.32 Å². The lowest BCUT2D eigenvalue weighted by atomic mass is 9.81. The molecule has 3 heteroatoms. The van der Waals surface area contributed by atoms with E-state index in [4.69, 9.17) is 0 Å². The van der Waals surface area contributed by atoms with Crippen molar-refractivity contribution in [3.05, 3.63) is 0 Å². The molecule has 3 aliphatic rings. The molecule has 0 heterocycles. The second-order valence-electron chi connectivity index (χ2n) is 6.79. The minimum absolute atomic E-state index is 0.113. The van der Waals surface area contributed by atoms with Gasteiger partial charge in [-0.3, -0.25) is 0 Å². The molecule has 0 aromatic rings. The highest BCUT2D eigenvalue weighted by atomic mass is 19.3. The summed E-state index contributed by atoms with van der Waals surface area (Å²) < 4.78 is 26.9. The van der Waals surface area contributed by atoms with E-state index in [9.17, 15) is 8.78 Å². The summed E-state index contributed by atoms with van der Waals surface area (Å²) >= 11 is 0. The average molecular weight is 257 g/mol. The zero-order valence-corrected chi connectivity index (χ0v) is 11.3. The molecule has 18 heavy (non-hydrogen) atoms. The third-order valence-electron chi connectivity index (χ3n) is 5.64. The number of halogens is 2. The van der Waals surface area contributed by atoms with Gasteiger partial charge >= 0.3 is 0 Å². The minimum Gasteiger partial charge on any atom is -0.317 e. The normalized spacial score (nSPS) is 43.5. The van der Waals surface area contributed by atoms with E-state index in [1.54, 1.807) is 0 Å². The first-order valence-electron chi connectivity index (χ1n) is 7.66. The summed E-state index contributed by atoms with van der Waals surface area (Å²) in [4.78, 5) is 0. The smallest absolute Gasteiger partial charge is 0.248 e. The number of rotatable bonds is 4. The number of hydrogen-bond donors (Lipinski definition) is 1. The molecule has 3 fully saturated rings. The van der Waals surface area contributed by atoms with E-state index in [0.29, 0.717) is 12.5 Å².